The number of carbonyl (C=O) groups is 1. The van der Waals surface area contributed by atoms with Crippen molar-refractivity contribution in [1.29, 1.82) is 0 Å². The van der Waals surface area contributed by atoms with Crippen LogP contribution in [0, 0.1) is 0 Å². The van der Waals surface area contributed by atoms with Gasteiger partial charge in [0.25, 0.3) is 0 Å². The number of hydrogen-bond donors (Lipinski definition) is 0. The summed E-state index contributed by atoms with van der Waals surface area (Å²) < 4.78 is 0. The molecule has 0 saturated heterocycles. The maximum Gasteiger partial charge on any atom is 0.193 e. The molecular weight excluding hydrogens is 272 g/mol. The van der Waals surface area contributed by atoms with Crippen LogP contribution in [-0.2, 0) is 0 Å². The summed E-state index contributed by atoms with van der Waals surface area (Å²) in [6.45, 7) is 0. The van der Waals surface area contributed by atoms with E-state index >= 15 is 0 Å². The number of ketones is 1. The molecule has 0 spiro atoms. The fourth-order valence-electron chi connectivity index (χ4n) is 2.52. The van der Waals surface area contributed by atoms with Gasteiger partial charge >= 0.3 is 0 Å². The Morgan fingerprint density at radius 3 is 1.91 bits per heavy atom. The van der Waals surface area contributed by atoms with Crippen LogP contribution < -0.4 is 0 Å². The van der Waals surface area contributed by atoms with Gasteiger partial charge in [-0.2, -0.15) is 0 Å². The van der Waals surface area contributed by atoms with Crippen molar-refractivity contribution in [3.63, 3.8) is 0 Å². The Balaban J connectivity index is 1.86. The van der Waals surface area contributed by atoms with Crippen LogP contribution in [0.5, 0.6) is 0 Å². The van der Waals surface area contributed by atoms with Crippen molar-refractivity contribution < 1.29 is 4.79 Å². The lowest BCUT2D eigenvalue weighted by atomic mass is 10.0. The van der Waals surface area contributed by atoms with Crippen molar-refractivity contribution in [3.8, 4) is 0 Å². The molecular formula is C19H12N2O. The Morgan fingerprint density at radius 1 is 0.591 bits per heavy atom. The van der Waals surface area contributed by atoms with Gasteiger partial charge in [0.15, 0.2) is 5.78 Å². The number of carbonyl (C=O) groups excluding carboxylic acids is 1. The van der Waals surface area contributed by atoms with E-state index in [9.17, 15) is 4.79 Å². The summed E-state index contributed by atoms with van der Waals surface area (Å²) in [7, 11) is 0. The van der Waals surface area contributed by atoms with E-state index in [2.05, 4.69) is 9.97 Å². The molecule has 0 aliphatic heterocycles. The lowest BCUT2D eigenvalue weighted by Crippen LogP contribution is -2.01. The predicted octanol–water partition coefficient (Wildman–Crippen LogP) is 4.01. The van der Waals surface area contributed by atoms with Crippen molar-refractivity contribution in [2.45, 2.75) is 0 Å². The molecule has 0 radical (unpaired) electrons. The van der Waals surface area contributed by atoms with Crippen molar-refractivity contribution in [3.05, 3.63) is 83.9 Å². The molecule has 0 atom stereocenters. The first-order valence-corrected chi connectivity index (χ1v) is 7.07. The van der Waals surface area contributed by atoms with Gasteiger partial charge in [-0.05, 0) is 30.3 Å². The third-order valence-electron chi connectivity index (χ3n) is 3.64. The first kappa shape index (κ1) is 12.7. The third kappa shape index (κ3) is 2.13. The Hall–Kier alpha value is -3.07. The van der Waals surface area contributed by atoms with E-state index in [0.29, 0.717) is 11.1 Å². The molecule has 4 rings (SSSR count). The second kappa shape index (κ2) is 5.04. The molecule has 0 aliphatic rings. The summed E-state index contributed by atoms with van der Waals surface area (Å²) in [5, 5.41) is 0. The molecule has 104 valence electrons. The van der Waals surface area contributed by atoms with Crippen LogP contribution in [0.4, 0.5) is 0 Å². The topological polar surface area (TPSA) is 42.9 Å². The fraction of sp³-hybridized carbons (Fsp3) is 0. The number of para-hydroxylation sites is 2. The van der Waals surface area contributed by atoms with Gasteiger partial charge in [-0.1, -0.05) is 42.5 Å². The summed E-state index contributed by atoms with van der Waals surface area (Å²) in [5.74, 6) is -0.00235. The minimum atomic E-state index is -0.00235. The van der Waals surface area contributed by atoms with Gasteiger partial charge in [-0.3, -0.25) is 4.79 Å². The summed E-state index contributed by atoms with van der Waals surface area (Å²) in [6.07, 6.45) is 0. The standard InChI is InChI=1S/C19H12N2O/c22-19(13-6-2-1-3-7-13)14-10-11-17-18(12-14)21-16-9-5-4-8-15(16)20-17/h1-12H. The van der Waals surface area contributed by atoms with E-state index in [0.717, 1.165) is 22.1 Å². The molecule has 3 heteroatoms. The van der Waals surface area contributed by atoms with Crippen molar-refractivity contribution in [2.24, 2.45) is 0 Å². The highest BCUT2D eigenvalue weighted by atomic mass is 16.1. The molecule has 0 bridgehead atoms. The molecule has 0 aliphatic carbocycles. The van der Waals surface area contributed by atoms with Crippen LogP contribution in [0.2, 0.25) is 0 Å². The first-order chi connectivity index (χ1) is 10.8. The Kier molecular flexibility index (Phi) is 2.90. The smallest absolute Gasteiger partial charge is 0.193 e. The Morgan fingerprint density at radius 2 is 1.18 bits per heavy atom. The Bertz CT molecular complexity index is 994. The number of aromatic nitrogens is 2. The van der Waals surface area contributed by atoms with E-state index in [1.165, 1.54) is 0 Å². The van der Waals surface area contributed by atoms with E-state index in [1.807, 2.05) is 66.7 Å². The molecule has 1 heterocycles. The SMILES string of the molecule is O=C(c1ccccc1)c1ccc2nc3ccccc3nc2c1. The van der Waals surface area contributed by atoms with Gasteiger partial charge in [0, 0.05) is 11.1 Å². The van der Waals surface area contributed by atoms with Gasteiger partial charge in [0.1, 0.15) is 0 Å². The third-order valence-corrected chi connectivity index (χ3v) is 3.64. The van der Waals surface area contributed by atoms with Crippen LogP contribution in [0.25, 0.3) is 22.1 Å². The maximum atomic E-state index is 12.5. The number of rotatable bonds is 2. The number of nitrogens with zero attached hydrogens (tertiary/aromatic N) is 2. The van der Waals surface area contributed by atoms with Gasteiger partial charge in [-0.25, -0.2) is 9.97 Å². The summed E-state index contributed by atoms with van der Waals surface area (Å²) in [5.41, 5.74) is 4.53. The van der Waals surface area contributed by atoms with Crippen LogP contribution >= 0.6 is 0 Å². The molecule has 3 nitrogen and oxygen atoms in total. The maximum absolute atomic E-state index is 12.5. The minimum absolute atomic E-state index is 0.00235. The fourth-order valence-corrected chi connectivity index (χ4v) is 2.52. The minimum Gasteiger partial charge on any atom is -0.289 e. The predicted molar refractivity (Wildman–Crippen MR) is 86.9 cm³/mol. The molecule has 0 fully saturated rings. The summed E-state index contributed by atoms with van der Waals surface area (Å²) >= 11 is 0. The molecule has 3 aromatic carbocycles. The molecule has 4 aromatic rings. The van der Waals surface area contributed by atoms with E-state index < -0.39 is 0 Å². The monoisotopic (exact) mass is 284 g/mol. The zero-order valence-corrected chi connectivity index (χ0v) is 11.7. The quantitative estimate of drug-likeness (QED) is 0.412. The van der Waals surface area contributed by atoms with Crippen molar-refractivity contribution >= 4 is 27.9 Å². The molecule has 1 aromatic heterocycles. The molecule has 0 saturated carbocycles. The van der Waals surface area contributed by atoms with Crippen LogP contribution in [0.15, 0.2) is 72.8 Å². The first-order valence-electron chi connectivity index (χ1n) is 7.07. The van der Waals surface area contributed by atoms with Gasteiger partial charge in [0.2, 0.25) is 0 Å². The van der Waals surface area contributed by atoms with Crippen LogP contribution in [0.3, 0.4) is 0 Å². The average Bonchev–Trinajstić information content (AvgIpc) is 2.59. The zero-order chi connectivity index (χ0) is 14.9. The highest BCUT2D eigenvalue weighted by molar-refractivity contribution is 6.10. The van der Waals surface area contributed by atoms with Crippen molar-refractivity contribution in [2.75, 3.05) is 0 Å². The highest BCUT2D eigenvalue weighted by Crippen LogP contribution is 2.19. The second-order valence-electron chi connectivity index (χ2n) is 5.11. The second-order valence-corrected chi connectivity index (χ2v) is 5.11. The highest BCUT2D eigenvalue weighted by Gasteiger charge is 2.10. The number of hydrogen-bond acceptors (Lipinski definition) is 3. The number of fused-ring (bicyclic) bond motifs is 2. The number of benzene rings is 3. The Labute approximate surface area is 127 Å². The lowest BCUT2D eigenvalue weighted by Gasteiger charge is -2.04. The zero-order valence-electron chi connectivity index (χ0n) is 11.7. The molecule has 0 N–H and O–H groups in total. The molecule has 0 unspecified atom stereocenters. The molecule has 22 heavy (non-hydrogen) atoms. The lowest BCUT2D eigenvalue weighted by molar-refractivity contribution is 0.103. The van der Waals surface area contributed by atoms with E-state index in [4.69, 9.17) is 0 Å². The van der Waals surface area contributed by atoms with Crippen molar-refractivity contribution in [1.82, 2.24) is 9.97 Å². The van der Waals surface area contributed by atoms with Gasteiger partial charge < -0.3 is 0 Å². The molecule has 0 amide bonds. The summed E-state index contributed by atoms with van der Waals surface area (Å²) in [4.78, 5) is 21.7. The van der Waals surface area contributed by atoms with Crippen LogP contribution in [-0.4, -0.2) is 15.8 Å². The van der Waals surface area contributed by atoms with Gasteiger partial charge in [0.05, 0.1) is 22.1 Å². The van der Waals surface area contributed by atoms with Crippen LogP contribution in [0.1, 0.15) is 15.9 Å². The average molecular weight is 284 g/mol. The summed E-state index contributed by atoms with van der Waals surface area (Å²) in [6, 6.07) is 22.5. The van der Waals surface area contributed by atoms with E-state index in [1.54, 1.807) is 6.07 Å². The normalized spacial score (nSPS) is 10.9. The van der Waals surface area contributed by atoms with Gasteiger partial charge in [-0.15, -0.1) is 0 Å². The van der Waals surface area contributed by atoms with E-state index in [-0.39, 0.29) is 5.78 Å². The largest absolute Gasteiger partial charge is 0.289 e.